The first-order valence-corrected chi connectivity index (χ1v) is 7.66. The molecule has 0 fully saturated rings. The highest BCUT2D eigenvalue weighted by Gasteiger charge is 2.10. The summed E-state index contributed by atoms with van der Waals surface area (Å²) in [6.45, 7) is 0. The second-order valence-corrected chi connectivity index (χ2v) is 6.03. The zero-order chi connectivity index (χ0) is 15.4. The summed E-state index contributed by atoms with van der Waals surface area (Å²) in [5.41, 5.74) is 1.24. The number of anilines is 1. The molecule has 2 rings (SSSR count). The molecule has 2 aromatic rings. The molecule has 0 saturated heterocycles. The molecule has 1 N–H and O–H groups in total. The minimum Gasteiger partial charge on any atom is -0.325 e. The van der Waals surface area contributed by atoms with Crippen LogP contribution in [0.5, 0.6) is 0 Å². The molecule has 0 aliphatic heterocycles. The Hall–Kier alpha value is -0.930. The van der Waals surface area contributed by atoms with Gasteiger partial charge in [-0.25, -0.2) is 0 Å². The lowest BCUT2D eigenvalue weighted by molar-refractivity contribution is -0.116. The van der Waals surface area contributed by atoms with Gasteiger partial charge in [-0.2, -0.15) is 0 Å². The minimum absolute atomic E-state index is 0.185. The summed E-state index contributed by atoms with van der Waals surface area (Å²) in [5.74, 6) is -0.185. The van der Waals surface area contributed by atoms with E-state index in [-0.39, 0.29) is 12.3 Å². The van der Waals surface area contributed by atoms with Crippen LogP contribution in [0.15, 0.2) is 36.4 Å². The first kappa shape index (κ1) is 16.4. The lowest BCUT2D eigenvalue weighted by Gasteiger charge is -2.09. The van der Waals surface area contributed by atoms with Crippen molar-refractivity contribution in [3.05, 3.63) is 62.1 Å². The average molecular weight is 363 g/mol. The van der Waals surface area contributed by atoms with Crippen LogP contribution in [-0.2, 0) is 11.2 Å². The number of amides is 1. The van der Waals surface area contributed by atoms with Gasteiger partial charge < -0.3 is 5.32 Å². The predicted octanol–water partition coefficient (Wildman–Crippen LogP) is 5.87. The van der Waals surface area contributed by atoms with Crippen molar-refractivity contribution in [2.75, 3.05) is 5.32 Å². The molecule has 0 saturated carbocycles. The highest BCUT2D eigenvalue weighted by atomic mass is 35.5. The number of carbonyl (C=O) groups excluding carboxylic acids is 1. The van der Waals surface area contributed by atoms with Crippen molar-refractivity contribution in [1.29, 1.82) is 0 Å². The number of nitrogens with one attached hydrogen (secondary N) is 1. The summed E-state index contributed by atoms with van der Waals surface area (Å²) in [6, 6.07) is 10.1. The Morgan fingerprint density at radius 1 is 0.952 bits per heavy atom. The van der Waals surface area contributed by atoms with Crippen LogP contribution in [-0.4, -0.2) is 5.91 Å². The molecule has 6 heteroatoms. The van der Waals surface area contributed by atoms with Gasteiger partial charge >= 0.3 is 0 Å². The molecular weight excluding hydrogens is 352 g/mol. The molecule has 21 heavy (non-hydrogen) atoms. The molecule has 0 aromatic heterocycles. The standard InChI is InChI=1S/C15H11Cl4NO/c16-9-4-6-13(19)14(8-9)20-15(21)7-5-10-11(17)2-1-3-12(10)18/h1-4,6,8H,5,7H2,(H,20,21). The van der Waals surface area contributed by atoms with Crippen molar-refractivity contribution >= 4 is 58.0 Å². The lowest BCUT2D eigenvalue weighted by Crippen LogP contribution is -2.13. The van der Waals surface area contributed by atoms with Crippen LogP contribution in [0, 0.1) is 0 Å². The van der Waals surface area contributed by atoms with Gasteiger partial charge in [-0.05, 0) is 42.3 Å². The van der Waals surface area contributed by atoms with Crippen LogP contribution >= 0.6 is 46.4 Å². The zero-order valence-corrected chi connectivity index (χ0v) is 13.8. The van der Waals surface area contributed by atoms with E-state index in [9.17, 15) is 4.79 Å². The van der Waals surface area contributed by atoms with Crippen molar-refractivity contribution < 1.29 is 4.79 Å². The molecular formula is C15H11Cl4NO. The van der Waals surface area contributed by atoms with Crippen LogP contribution in [0.1, 0.15) is 12.0 Å². The maximum atomic E-state index is 12.0. The Labute approximate surface area is 143 Å². The molecule has 0 aliphatic rings. The number of hydrogen-bond donors (Lipinski definition) is 1. The summed E-state index contributed by atoms with van der Waals surface area (Å²) in [5, 5.41) is 4.76. The van der Waals surface area contributed by atoms with Crippen LogP contribution in [0.3, 0.4) is 0 Å². The average Bonchev–Trinajstić information content (AvgIpc) is 2.42. The Kier molecular flexibility index (Phi) is 5.77. The van der Waals surface area contributed by atoms with Gasteiger partial charge in [-0.1, -0.05) is 52.5 Å². The third-order valence-corrected chi connectivity index (χ3v) is 4.14. The normalized spacial score (nSPS) is 10.5. The SMILES string of the molecule is O=C(CCc1c(Cl)cccc1Cl)Nc1cc(Cl)ccc1Cl. The van der Waals surface area contributed by atoms with Crippen LogP contribution in [0.4, 0.5) is 5.69 Å². The van der Waals surface area contributed by atoms with Crippen LogP contribution in [0.2, 0.25) is 20.1 Å². The monoisotopic (exact) mass is 361 g/mol. The van der Waals surface area contributed by atoms with E-state index in [2.05, 4.69) is 5.32 Å². The molecule has 0 aliphatic carbocycles. The summed E-state index contributed by atoms with van der Waals surface area (Å²) >= 11 is 24.0. The highest BCUT2D eigenvalue weighted by molar-refractivity contribution is 6.36. The number of halogens is 4. The second kappa shape index (κ2) is 7.37. The lowest BCUT2D eigenvalue weighted by atomic mass is 10.1. The summed E-state index contributed by atoms with van der Waals surface area (Å²) in [6.07, 6.45) is 0.689. The summed E-state index contributed by atoms with van der Waals surface area (Å²) < 4.78 is 0. The zero-order valence-electron chi connectivity index (χ0n) is 10.8. The first-order valence-electron chi connectivity index (χ1n) is 6.15. The molecule has 0 bridgehead atoms. The first-order chi connectivity index (χ1) is 9.97. The van der Waals surface area contributed by atoms with Gasteiger partial charge in [-0.3, -0.25) is 4.79 Å². The third-order valence-electron chi connectivity index (χ3n) is 2.87. The highest BCUT2D eigenvalue weighted by Crippen LogP contribution is 2.27. The molecule has 2 aromatic carbocycles. The largest absolute Gasteiger partial charge is 0.325 e. The van der Waals surface area contributed by atoms with Gasteiger partial charge in [0.2, 0.25) is 5.91 Å². The number of hydrogen-bond acceptors (Lipinski definition) is 1. The summed E-state index contributed by atoms with van der Waals surface area (Å²) in [4.78, 5) is 12.0. The van der Waals surface area contributed by atoms with Gasteiger partial charge in [0.05, 0.1) is 10.7 Å². The fraction of sp³-hybridized carbons (Fsp3) is 0.133. The van der Waals surface area contributed by atoms with Gasteiger partial charge in [0, 0.05) is 21.5 Å². The summed E-state index contributed by atoms with van der Waals surface area (Å²) in [7, 11) is 0. The maximum absolute atomic E-state index is 12.0. The van der Waals surface area contributed by atoms with Crippen molar-refractivity contribution in [2.45, 2.75) is 12.8 Å². The van der Waals surface area contributed by atoms with E-state index in [1.165, 1.54) is 0 Å². The Balaban J connectivity index is 2.01. The van der Waals surface area contributed by atoms with E-state index in [1.54, 1.807) is 36.4 Å². The van der Waals surface area contributed by atoms with Crippen molar-refractivity contribution in [3.63, 3.8) is 0 Å². The van der Waals surface area contributed by atoms with Crippen molar-refractivity contribution in [1.82, 2.24) is 0 Å². The Morgan fingerprint density at radius 3 is 2.29 bits per heavy atom. The van der Waals surface area contributed by atoms with Crippen LogP contribution < -0.4 is 5.32 Å². The van der Waals surface area contributed by atoms with E-state index in [0.717, 1.165) is 5.56 Å². The smallest absolute Gasteiger partial charge is 0.224 e. The Morgan fingerprint density at radius 2 is 1.62 bits per heavy atom. The topological polar surface area (TPSA) is 29.1 Å². The molecule has 0 atom stereocenters. The quantitative estimate of drug-likeness (QED) is 0.723. The second-order valence-electron chi connectivity index (χ2n) is 4.37. The van der Waals surface area contributed by atoms with Gasteiger partial charge in [-0.15, -0.1) is 0 Å². The van der Waals surface area contributed by atoms with E-state index in [1.807, 2.05) is 0 Å². The van der Waals surface area contributed by atoms with E-state index >= 15 is 0 Å². The van der Waals surface area contributed by atoms with Gasteiger partial charge in [0.15, 0.2) is 0 Å². The van der Waals surface area contributed by atoms with Crippen LogP contribution in [0.25, 0.3) is 0 Å². The Bertz CT molecular complexity index is 652. The van der Waals surface area contributed by atoms with Gasteiger partial charge in [0.25, 0.3) is 0 Å². The van der Waals surface area contributed by atoms with Crippen molar-refractivity contribution in [2.24, 2.45) is 0 Å². The molecule has 0 radical (unpaired) electrons. The van der Waals surface area contributed by atoms with E-state index < -0.39 is 0 Å². The van der Waals surface area contributed by atoms with Crippen molar-refractivity contribution in [3.8, 4) is 0 Å². The van der Waals surface area contributed by atoms with Gasteiger partial charge in [0.1, 0.15) is 0 Å². The molecule has 0 heterocycles. The molecule has 110 valence electrons. The molecule has 0 unspecified atom stereocenters. The fourth-order valence-electron chi connectivity index (χ4n) is 1.82. The fourth-order valence-corrected chi connectivity index (χ4v) is 2.74. The molecule has 1 amide bonds. The maximum Gasteiger partial charge on any atom is 0.224 e. The number of carbonyl (C=O) groups is 1. The third kappa shape index (κ3) is 4.52. The van der Waals surface area contributed by atoms with E-state index in [0.29, 0.717) is 32.2 Å². The van der Waals surface area contributed by atoms with E-state index in [4.69, 9.17) is 46.4 Å². The number of benzene rings is 2. The predicted molar refractivity (Wildman–Crippen MR) is 89.9 cm³/mol. The minimum atomic E-state index is -0.185. The molecule has 0 spiro atoms. The number of rotatable bonds is 4. The molecule has 2 nitrogen and oxygen atoms in total.